The zero-order chi connectivity index (χ0) is 19.8. The molecule has 0 fully saturated rings. The van der Waals surface area contributed by atoms with Crippen LogP contribution in [0.2, 0.25) is 0 Å². The van der Waals surface area contributed by atoms with Crippen molar-refractivity contribution in [2.24, 2.45) is 0 Å². The van der Waals surface area contributed by atoms with Crippen molar-refractivity contribution in [3.05, 3.63) is 59.7 Å². The minimum Gasteiger partial charge on any atom is -0.493 e. The molecule has 0 aliphatic carbocycles. The first-order valence-electron chi connectivity index (χ1n) is 8.06. The maximum absolute atomic E-state index is 11.9. The molecule has 0 spiro atoms. The Balaban J connectivity index is 2.07. The van der Waals surface area contributed by atoms with Gasteiger partial charge >= 0.3 is 12.1 Å². The number of aliphatic hydroxyl groups excluding tert-OH is 1. The molecule has 8 heteroatoms. The van der Waals surface area contributed by atoms with Gasteiger partial charge in [-0.2, -0.15) is 0 Å². The number of rotatable bonds is 8. The monoisotopic (exact) mass is 375 g/mol. The summed E-state index contributed by atoms with van der Waals surface area (Å²) in [7, 11) is 2.88. The van der Waals surface area contributed by atoms with Crippen molar-refractivity contribution in [3.8, 4) is 11.5 Å². The van der Waals surface area contributed by atoms with E-state index in [1.165, 1.54) is 32.4 Å². The predicted octanol–water partition coefficient (Wildman–Crippen LogP) is 2.12. The van der Waals surface area contributed by atoms with Crippen molar-refractivity contribution in [1.82, 2.24) is 5.32 Å². The predicted molar refractivity (Wildman–Crippen MR) is 95.7 cm³/mol. The van der Waals surface area contributed by atoms with Gasteiger partial charge in [0, 0.05) is 0 Å². The van der Waals surface area contributed by atoms with Crippen molar-refractivity contribution in [3.63, 3.8) is 0 Å². The summed E-state index contributed by atoms with van der Waals surface area (Å²) < 4.78 is 15.3. The number of hydrogen-bond acceptors (Lipinski definition) is 6. The number of aliphatic hydroxyl groups is 1. The molecule has 3 N–H and O–H groups in total. The van der Waals surface area contributed by atoms with Gasteiger partial charge in [0.1, 0.15) is 12.7 Å². The topological polar surface area (TPSA) is 114 Å². The molecule has 2 aromatic rings. The van der Waals surface area contributed by atoms with Crippen LogP contribution in [0, 0.1) is 0 Å². The second kappa shape index (κ2) is 9.44. The summed E-state index contributed by atoms with van der Waals surface area (Å²) in [4.78, 5) is 23.5. The Morgan fingerprint density at radius 3 is 2.30 bits per heavy atom. The van der Waals surface area contributed by atoms with Crippen LogP contribution < -0.4 is 14.8 Å². The van der Waals surface area contributed by atoms with Gasteiger partial charge < -0.3 is 29.7 Å². The number of methoxy groups -OCH3 is 2. The number of carboxylic acids is 1. The number of alkyl carbamates (subject to hydrolysis) is 1. The number of carbonyl (C=O) groups excluding carboxylic acids is 1. The highest BCUT2D eigenvalue weighted by atomic mass is 16.5. The molecular weight excluding hydrogens is 354 g/mol. The zero-order valence-electron chi connectivity index (χ0n) is 14.9. The lowest BCUT2D eigenvalue weighted by Gasteiger charge is -2.21. The molecule has 2 atom stereocenters. The van der Waals surface area contributed by atoms with E-state index in [-0.39, 0.29) is 12.2 Å². The largest absolute Gasteiger partial charge is 0.493 e. The average molecular weight is 375 g/mol. The number of carboxylic acid groups (broad SMARTS) is 1. The van der Waals surface area contributed by atoms with Crippen LogP contribution in [0.4, 0.5) is 4.79 Å². The van der Waals surface area contributed by atoms with Crippen LogP contribution in [-0.4, -0.2) is 42.5 Å². The molecule has 0 aromatic heterocycles. The second-order valence-electron chi connectivity index (χ2n) is 5.58. The van der Waals surface area contributed by atoms with Crippen molar-refractivity contribution < 1.29 is 34.0 Å². The molecule has 0 unspecified atom stereocenters. The van der Waals surface area contributed by atoms with Crippen molar-refractivity contribution in [2.45, 2.75) is 18.8 Å². The van der Waals surface area contributed by atoms with E-state index >= 15 is 0 Å². The Hall–Kier alpha value is -3.26. The van der Waals surface area contributed by atoms with Gasteiger partial charge in [0.15, 0.2) is 17.5 Å². The van der Waals surface area contributed by atoms with Gasteiger partial charge in [0.25, 0.3) is 0 Å². The van der Waals surface area contributed by atoms with Crippen LogP contribution in [-0.2, 0) is 16.1 Å². The van der Waals surface area contributed by atoms with Gasteiger partial charge in [-0.15, -0.1) is 0 Å². The maximum Gasteiger partial charge on any atom is 0.408 e. The molecular formula is C19H21NO7. The highest BCUT2D eigenvalue weighted by Crippen LogP contribution is 2.31. The van der Waals surface area contributed by atoms with Gasteiger partial charge in [-0.05, 0) is 23.3 Å². The standard InChI is InChI=1S/C19H21NO7/c1-25-14-9-8-13(10-15(14)26-2)17(21)16(18(22)23)20-19(24)27-11-12-6-4-3-5-7-12/h3-10,16-17,21H,11H2,1-2H3,(H,20,24)(H,22,23)/t16-,17+/m0/s1. The summed E-state index contributed by atoms with van der Waals surface area (Å²) in [6.07, 6.45) is -2.47. The highest BCUT2D eigenvalue weighted by Gasteiger charge is 2.30. The smallest absolute Gasteiger partial charge is 0.408 e. The summed E-state index contributed by atoms with van der Waals surface area (Å²) in [5.74, 6) is -0.658. The van der Waals surface area contributed by atoms with Crippen molar-refractivity contribution in [2.75, 3.05) is 14.2 Å². The molecule has 0 saturated heterocycles. The number of ether oxygens (including phenoxy) is 3. The maximum atomic E-state index is 11.9. The van der Waals surface area contributed by atoms with Gasteiger partial charge in [-0.1, -0.05) is 36.4 Å². The summed E-state index contributed by atoms with van der Waals surface area (Å²) in [6.45, 7) is -0.0224. The number of carbonyl (C=O) groups is 2. The van der Waals surface area contributed by atoms with E-state index in [0.717, 1.165) is 5.56 Å². The fraction of sp³-hybridized carbons (Fsp3) is 0.263. The van der Waals surface area contributed by atoms with E-state index in [4.69, 9.17) is 14.2 Å². The van der Waals surface area contributed by atoms with Crippen molar-refractivity contribution in [1.29, 1.82) is 0 Å². The van der Waals surface area contributed by atoms with Gasteiger partial charge in [-0.25, -0.2) is 9.59 Å². The Morgan fingerprint density at radius 1 is 1.04 bits per heavy atom. The SMILES string of the molecule is COc1ccc([C@@H](O)[C@H](NC(=O)OCc2ccccc2)C(=O)O)cc1OC. The molecule has 0 heterocycles. The van der Waals surface area contributed by atoms with Crippen LogP contribution >= 0.6 is 0 Å². The highest BCUT2D eigenvalue weighted by molar-refractivity contribution is 5.80. The summed E-state index contributed by atoms with van der Waals surface area (Å²) in [6, 6.07) is 11.8. The van der Waals surface area contributed by atoms with E-state index in [2.05, 4.69) is 5.32 Å². The van der Waals surface area contributed by atoms with Crippen molar-refractivity contribution >= 4 is 12.1 Å². The molecule has 0 radical (unpaired) electrons. The van der Waals surface area contributed by atoms with Crippen LogP contribution in [0.15, 0.2) is 48.5 Å². The zero-order valence-corrected chi connectivity index (χ0v) is 14.9. The normalized spacial score (nSPS) is 12.6. The molecule has 2 rings (SSSR count). The second-order valence-corrected chi connectivity index (χ2v) is 5.58. The lowest BCUT2D eigenvalue weighted by atomic mass is 10.0. The third kappa shape index (κ3) is 5.35. The lowest BCUT2D eigenvalue weighted by Crippen LogP contribution is -2.45. The Bertz CT molecular complexity index is 779. The minimum absolute atomic E-state index is 0.0224. The molecule has 27 heavy (non-hydrogen) atoms. The molecule has 1 amide bonds. The van der Waals surface area contributed by atoms with E-state index in [1.807, 2.05) is 6.07 Å². The molecule has 0 saturated carbocycles. The lowest BCUT2D eigenvalue weighted by molar-refractivity contribution is -0.142. The Labute approximate surface area is 156 Å². The quantitative estimate of drug-likeness (QED) is 0.647. The van der Waals surface area contributed by atoms with E-state index in [9.17, 15) is 19.8 Å². The number of hydrogen-bond donors (Lipinski definition) is 3. The Kier molecular flexibility index (Phi) is 7.01. The summed E-state index contributed by atoms with van der Waals surface area (Å²) >= 11 is 0. The number of benzene rings is 2. The molecule has 0 bridgehead atoms. The first kappa shape index (κ1) is 20.1. The van der Waals surface area contributed by atoms with Crippen LogP contribution in [0.25, 0.3) is 0 Å². The van der Waals surface area contributed by atoms with Crippen LogP contribution in [0.1, 0.15) is 17.2 Å². The average Bonchev–Trinajstić information content (AvgIpc) is 2.69. The van der Waals surface area contributed by atoms with Crippen LogP contribution in [0.3, 0.4) is 0 Å². The molecule has 0 aliphatic heterocycles. The fourth-order valence-corrected chi connectivity index (χ4v) is 2.40. The van der Waals surface area contributed by atoms with E-state index < -0.39 is 24.2 Å². The summed E-state index contributed by atoms with van der Waals surface area (Å²) in [5, 5.41) is 22.0. The molecule has 2 aromatic carbocycles. The van der Waals surface area contributed by atoms with Gasteiger partial charge in [-0.3, -0.25) is 0 Å². The Morgan fingerprint density at radius 2 is 1.70 bits per heavy atom. The minimum atomic E-state index is -1.61. The van der Waals surface area contributed by atoms with E-state index in [0.29, 0.717) is 11.5 Å². The van der Waals surface area contributed by atoms with Gasteiger partial charge in [0.05, 0.1) is 14.2 Å². The van der Waals surface area contributed by atoms with Gasteiger partial charge in [0.2, 0.25) is 0 Å². The third-order valence-electron chi connectivity index (χ3n) is 3.82. The van der Waals surface area contributed by atoms with Crippen LogP contribution in [0.5, 0.6) is 11.5 Å². The fourth-order valence-electron chi connectivity index (χ4n) is 2.40. The van der Waals surface area contributed by atoms with E-state index in [1.54, 1.807) is 24.3 Å². The number of aliphatic carboxylic acids is 1. The third-order valence-corrected chi connectivity index (χ3v) is 3.82. The first-order valence-corrected chi connectivity index (χ1v) is 8.06. The number of nitrogens with one attached hydrogen (secondary N) is 1. The molecule has 144 valence electrons. The molecule has 8 nitrogen and oxygen atoms in total. The summed E-state index contributed by atoms with van der Waals surface area (Å²) in [5.41, 5.74) is 0.989. The number of amides is 1. The molecule has 0 aliphatic rings. The first-order chi connectivity index (χ1) is 13.0.